The topological polar surface area (TPSA) is 54.3 Å². The van der Waals surface area contributed by atoms with Crippen LogP contribution in [0, 0.1) is 6.92 Å². The summed E-state index contributed by atoms with van der Waals surface area (Å²) in [4.78, 5) is 28.9. The molecular weight excluding hydrogens is 334 g/mol. The number of nitrogens with zero attached hydrogens (tertiary/aromatic N) is 2. The summed E-state index contributed by atoms with van der Waals surface area (Å²) < 4.78 is 1.80. The molecule has 3 heterocycles. The van der Waals surface area contributed by atoms with Gasteiger partial charge in [0.1, 0.15) is 11.7 Å². The van der Waals surface area contributed by atoms with Crippen LogP contribution in [0.5, 0.6) is 0 Å². The van der Waals surface area contributed by atoms with Crippen molar-refractivity contribution in [2.45, 2.75) is 45.7 Å². The summed E-state index contributed by atoms with van der Waals surface area (Å²) in [5.74, 6) is -0.149. The highest BCUT2D eigenvalue weighted by molar-refractivity contribution is 7.10. The highest BCUT2D eigenvalue weighted by Gasteiger charge is 2.29. The average Bonchev–Trinajstić information content (AvgIpc) is 3.19. The molecule has 2 amide bonds. The van der Waals surface area contributed by atoms with E-state index in [0.717, 1.165) is 24.9 Å². The number of carbonyl (C=O) groups excluding carboxylic acids is 2. The average molecular weight is 359 g/mol. The van der Waals surface area contributed by atoms with Crippen molar-refractivity contribution in [3.05, 3.63) is 45.4 Å². The number of nitrogens with one attached hydrogen (secondary N) is 1. The molecule has 1 aliphatic heterocycles. The summed E-state index contributed by atoms with van der Waals surface area (Å²) in [6.07, 6.45) is 4.27. The molecule has 1 unspecified atom stereocenters. The molecule has 2 aromatic heterocycles. The second-order valence-electron chi connectivity index (χ2n) is 6.65. The van der Waals surface area contributed by atoms with E-state index in [1.165, 1.54) is 10.4 Å². The predicted octanol–water partition coefficient (Wildman–Crippen LogP) is 2.88. The molecule has 1 atom stereocenters. The van der Waals surface area contributed by atoms with E-state index in [1.54, 1.807) is 15.9 Å². The molecule has 1 aliphatic rings. The van der Waals surface area contributed by atoms with Crippen LogP contribution in [-0.4, -0.2) is 33.9 Å². The maximum Gasteiger partial charge on any atom is 0.268 e. The third-order valence-electron chi connectivity index (χ3n) is 4.79. The van der Waals surface area contributed by atoms with Gasteiger partial charge >= 0.3 is 0 Å². The molecule has 5 nitrogen and oxygen atoms in total. The van der Waals surface area contributed by atoms with E-state index in [4.69, 9.17) is 0 Å². The summed E-state index contributed by atoms with van der Waals surface area (Å²) in [6, 6.07) is 3.54. The third-order valence-corrected chi connectivity index (χ3v) is 5.81. The number of fused-ring (bicyclic) bond motifs is 1. The molecule has 0 fully saturated rings. The Hall–Kier alpha value is -2.08. The van der Waals surface area contributed by atoms with Crippen LogP contribution in [0.4, 0.5) is 0 Å². The van der Waals surface area contributed by atoms with Gasteiger partial charge in [-0.1, -0.05) is 13.3 Å². The standard InChI is InChI=1S/C19H25N3O2S/c1-4-5-15(20-18(23)17-13(2)6-9-21(17)3)19(24)22-10-7-16-14(12-22)8-11-25-16/h6,8-9,11,15H,4-5,7,10,12H2,1-3H3,(H,20,23). The first kappa shape index (κ1) is 17.7. The molecule has 6 heteroatoms. The van der Waals surface area contributed by atoms with Crippen LogP contribution < -0.4 is 5.32 Å². The Balaban J connectivity index is 1.72. The first-order valence-electron chi connectivity index (χ1n) is 8.78. The minimum absolute atomic E-state index is 0.0268. The minimum Gasteiger partial charge on any atom is -0.346 e. The van der Waals surface area contributed by atoms with Crippen LogP contribution >= 0.6 is 11.3 Å². The van der Waals surface area contributed by atoms with E-state index in [1.807, 2.05) is 38.1 Å². The summed E-state index contributed by atoms with van der Waals surface area (Å²) in [5, 5.41) is 5.05. The number of carbonyl (C=O) groups is 2. The molecular formula is C19H25N3O2S. The van der Waals surface area contributed by atoms with E-state index in [2.05, 4.69) is 16.8 Å². The van der Waals surface area contributed by atoms with Crippen LogP contribution in [0.15, 0.2) is 23.7 Å². The Morgan fingerprint density at radius 3 is 2.84 bits per heavy atom. The zero-order valence-corrected chi connectivity index (χ0v) is 15.9. The van der Waals surface area contributed by atoms with Gasteiger partial charge in [0.25, 0.3) is 5.91 Å². The Bertz CT molecular complexity index is 758. The molecule has 0 bridgehead atoms. The zero-order chi connectivity index (χ0) is 18.0. The summed E-state index contributed by atoms with van der Waals surface area (Å²) in [6.45, 7) is 5.32. The fourth-order valence-corrected chi connectivity index (χ4v) is 4.31. The van der Waals surface area contributed by atoms with Crippen molar-refractivity contribution in [3.63, 3.8) is 0 Å². The van der Waals surface area contributed by atoms with Crippen molar-refractivity contribution >= 4 is 23.2 Å². The number of hydrogen-bond donors (Lipinski definition) is 1. The number of rotatable bonds is 5. The number of aromatic nitrogens is 1. The number of thiophene rings is 1. The van der Waals surface area contributed by atoms with E-state index in [9.17, 15) is 9.59 Å². The molecule has 134 valence electrons. The van der Waals surface area contributed by atoms with Gasteiger partial charge in [-0.2, -0.15) is 0 Å². The highest BCUT2D eigenvalue weighted by atomic mass is 32.1. The summed E-state index contributed by atoms with van der Waals surface area (Å²) in [7, 11) is 1.85. The number of hydrogen-bond acceptors (Lipinski definition) is 3. The molecule has 0 saturated heterocycles. The van der Waals surface area contributed by atoms with Crippen molar-refractivity contribution in [2.75, 3.05) is 6.54 Å². The first-order valence-corrected chi connectivity index (χ1v) is 9.66. The van der Waals surface area contributed by atoms with Gasteiger partial charge in [-0.15, -0.1) is 11.3 Å². The Labute approximate surface area is 152 Å². The third kappa shape index (κ3) is 3.63. The minimum atomic E-state index is -0.466. The normalized spacial score (nSPS) is 14.9. The van der Waals surface area contributed by atoms with Gasteiger partial charge in [0.15, 0.2) is 0 Å². The Kier molecular flexibility index (Phi) is 5.27. The molecule has 25 heavy (non-hydrogen) atoms. The number of amides is 2. The van der Waals surface area contributed by atoms with Crippen LogP contribution in [0.25, 0.3) is 0 Å². The highest BCUT2D eigenvalue weighted by Crippen LogP contribution is 2.24. The maximum absolute atomic E-state index is 13.0. The lowest BCUT2D eigenvalue weighted by atomic mass is 10.1. The summed E-state index contributed by atoms with van der Waals surface area (Å²) in [5.41, 5.74) is 2.78. The lowest BCUT2D eigenvalue weighted by molar-refractivity contribution is -0.134. The van der Waals surface area contributed by atoms with Crippen LogP contribution in [0.1, 0.15) is 46.3 Å². The SMILES string of the molecule is CCCC(NC(=O)c1c(C)ccn1C)C(=O)N1CCc2sccc2C1. The lowest BCUT2D eigenvalue weighted by Crippen LogP contribution is -2.50. The van der Waals surface area contributed by atoms with Crippen molar-refractivity contribution in [1.29, 1.82) is 0 Å². The monoisotopic (exact) mass is 359 g/mol. The van der Waals surface area contributed by atoms with Gasteiger partial charge < -0.3 is 14.8 Å². The van der Waals surface area contributed by atoms with Gasteiger partial charge in [0.05, 0.1) is 0 Å². The fraction of sp³-hybridized carbons (Fsp3) is 0.474. The molecule has 0 aromatic carbocycles. The smallest absolute Gasteiger partial charge is 0.268 e. The Morgan fingerprint density at radius 1 is 1.36 bits per heavy atom. The molecule has 0 spiro atoms. The fourth-order valence-electron chi connectivity index (χ4n) is 3.42. The quantitative estimate of drug-likeness (QED) is 0.892. The van der Waals surface area contributed by atoms with E-state index < -0.39 is 6.04 Å². The van der Waals surface area contributed by atoms with Crippen molar-refractivity contribution in [3.8, 4) is 0 Å². The van der Waals surface area contributed by atoms with Gasteiger partial charge in [-0.3, -0.25) is 9.59 Å². The van der Waals surface area contributed by atoms with E-state index >= 15 is 0 Å². The second-order valence-corrected chi connectivity index (χ2v) is 7.65. The van der Waals surface area contributed by atoms with E-state index in [-0.39, 0.29) is 11.8 Å². The molecule has 0 saturated carbocycles. The lowest BCUT2D eigenvalue weighted by Gasteiger charge is -2.31. The van der Waals surface area contributed by atoms with Crippen molar-refractivity contribution in [2.24, 2.45) is 7.05 Å². The molecule has 0 radical (unpaired) electrons. The molecule has 3 rings (SSSR count). The summed E-state index contributed by atoms with van der Waals surface area (Å²) >= 11 is 1.76. The Morgan fingerprint density at radius 2 is 2.16 bits per heavy atom. The molecule has 2 aromatic rings. The van der Waals surface area contributed by atoms with E-state index in [0.29, 0.717) is 18.7 Å². The van der Waals surface area contributed by atoms with Crippen LogP contribution in [0.2, 0.25) is 0 Å². The molecule has 0 aliphatic carbocycles. The van der Waals surface area contributed by atoms with Crippen LogP contribution in [-0.2, 0) is 24.8 Å². The van der Waals surface area contributed by atoms with Gasteiger partial charge in [0, 0.05) is 31.2 Å². The van der Waals surface area contributed by atoms with Crippen molar-refractivity contribution in [1.82, 2.24) is 14.8 Å². The number of aryl methyl sites for hydroxylation is 2. The van der Waals surface area contributed by atoms with Gasteiger partial charge in [-0.25, -0.2) is 0 Å². The first-order chi connectivity index (χ1) is 12.0. The van der Waals surface area contributed by atoms with Crippen LogP contribution in [0.3, 0.4) is 0 Å². The predicted molar refractivity (Wildman–Crippen MR) is 99.8 cm³/mol. The molecule has 1 N–H and O–H groups in total. The van der Waals surface area contributed by atoms with Crippen molar-refractivity contribution < 1.29 is 9.59 Å². The van der Waals surface area contributed by atoms with Gasteiger partial charge in [0.2, 0.25) is 5.91 Å². The van der Waals surface area contributed by atoms with Gasteiger partial charge in [-0.05, 0) is 48.4 Å². The second kappa shape index (κ2) is 7.44. The zero-order valence-electron chi connectivity index (χ0n) is 15.0. The largest absolute Gasteiger partial charge is 0.346 e. The maximum atomic E-state index is 13.0.